The lowest BCUT2D eigenvalue weighted by atomic mass is 10.1. The number of hydrogen-bond acceptors (Lipinski definition) is 9. The third-order valence-corrected chi connectivity index (χ3v) is 10.3. The van der Waals surface area contributed by atoms with Crippen molar-refractivity contribution >= 4 is 74.3 Å². The molecule has 0 fully saturated rings. The van der Waals surface area contributed by atoms with Crippen molar-refractivity contribution in [3.05, 3.63) is 118 Å². The molecule has 14 heteroatoms. The van der Waals surface area contributed by atoms with Crippen LogP contribution in [-0.2, 0) is 14.1 Å². The summed E-state index contributed by atoms with van der Waals surface area (Å²) in [4.78, 5) is 24.2. The summed E-state index contributed by atoms with van der Waals surface area (Å²) >= 11 is 12.6. The number of fused-ring (bicyclic) bond motifs is 3. The molecule has 0 spiro atoms. The number of nitrogens with one attached hydrogen (secondary N) is 1. The zero-order valence-corrected chi connectivity index (χ0v) is 32.8. The average Bonchev–Trinajstić information content (AvgIpc) is 3.70. The van der Waals surface area contributed by atoms with E-state index in [0.717, 1.165) is 84.5 Å². The fraction of sp³-hybridized carbons (Fsp3) is 0.200. The largest absolute Gasteiger partial charge is 0.478 e. The Bertz CT molecular complexity index is 2670. The van der Waals surface area contributed by atoms with Crippen molar-refractivity contribution in [1.29, 1.82) is 0 Å². The van der Waals surface area contributed by atoms with Gasteiger partial charge in [0.05, 0.1) is 22.1 Å². The Morgan fingerprint density at radius 3 is 1.76 bits per heavy atom. The molecule has 0 amide bonds. The molecule has 0 aliphatic carbocycles. The number of alkyl halides is 1. The van der Waals surface area contributed by atoms with Crippen molar-refractivity contribution in [3.63, 3.8) is 0 Å². The van der Waals surface area contributed by atoms with E-state index >= 15 is 0 Å². The van der Waals surface area contributed by atoms with E-state index in [2.05, 4.69) is 53.5 Å². The van der Waals surface area contributed by atoms with Gasteiger partial charge in [-0.25, -0.2) is 4.79 Å². The van der Waals surface area contributed by atoms with E-state index < -0.39 is 5.97 Å². The number of halogens is 1. The van der Waals surface area contributed by atoms with Gasteiger partial charge in [0, 0.05) is 70.1 Å². The lowest BCUT2D eigenvalue weighted by molar-refractivity contribution is 0.0699. The van der Waals surface area contributed by atoms with Crippen LogP contribution in [-0.4, -0.2) is 67.2 Å². The molecule has 2 N–H and O–H groups in total. The molecule has 0 aliphatic heterocycles. The fourth-order valence-electron chi connectivity index (χ4n) is 5.83. The minimum absolute atomic E-state index is 0.301. The van der Waals surface area contributed by atoms with E-state index in [1.165, 1.54) is 0 Å². The Morgan fingerprint density at radius 1 is 0.722 bits per heavy atom. The number of carbonyl (C=O) groups is 1. The summed E-state index contributed by atoms with van der Waals surface area (Å²) in [6.07, 6.45) is 0.964. The molecule has 54 heavy (non-hydrogen) atoms. The number of aromatic nitrogens is 9. The van der Waals surface area contributed by atoms with Crippen LogP contribution < -0.4 is 0 Å². The highest BCUT2D eigenvalue weighted by Gasteiger charge is 2.14. The number of pyridine rings is 3. The molecule has 3 aromatic carbocycles. The Labute approximate surface area is 326 Å². The first kappa shape index (κ1) is 38.2. The van der Waals surface area contributed by atoms with Crippen molar-refractivity contribution in [2.45, 2.75) is 32.3 Å². The predicted molar refractivity (Wildman–Crippen MR) is 220 cm³/mol. The first-order valence-corrected chi connectivity index (χ1v) is 19.0. The van der Waals surface area contributed by atoms with Gasteiger partial charge in [0.15, 0.2) is 21.6 Å². The molecule has 0 bridgehead atoms. The van der Waals surface area contributed by atoms with Gasteiger partial charge in [-0.3, -0.25) is 20.1 Å². The topological polar surface area (TPSA) is 140 Å². The van der Waals surface area contributed by atoms with Crippen LogP contribution >= 0.6 is 35.6 Å². The quantitative estimate of drug-likeness (QED) is 0.0697. The number of benzene rings is 3. The fourth-order valence-corrected chi connectivity index (χ4v) is 7.10. The molecule has 0 aliphatic rings. The second kappa shape index (κ2) is 17.1. The number of thioether (sulfide) groups is 1. The first-order chi connectivity index (χ1) is 26.0. The Morgan fingerprint density at radius 2 is 1.24 bits per heavy atom. The van der Waals surface area contributed by atoms with Crippen molar-refractivity contribution < 1.29 is 9.90 Å². The maximum absolute atomic E-state index is 10.9. The highest BCUT2D eigenvalue weighted by molar-refractivity contribution is 7.99. The normalized spacial score (nSPS) is 10.9. The molecular formula is C40H38ClN9O2S2. The van der Waals surface area contributed by atoms with Gasteiger partial charge in [0.2, 0.25) is 0 Å². The zero-order valence-electron chi connectivity index (χ0n) is 30.4. The van der Waals surface area contributed by atoms with Crippen LogP contribution in [0.3, 0.4) is 0 Å². The number of carboxylic acids is 1. The molecule has 8 rings (SSSR count). The third kappa shape index (κ3) is 8.49. The average molecular weight is 776 g/mol. The number of nitrogens with zero attached hydrogens (tertiary/aromatic N) is 8. The van der Waals surface area contributed by atoms with Crippen LogP contribution in [0.1, 0.15) is 33.9 Å². The summed E-state index contributed by atoms with van der Waals surface area (Å²) < 4.78 is 4.51. The summed E-state index contributed by atoms with van der Waals surface area (Å²) in [7, 11) is 3.90. The number of H-pyrrole nitrogens is 1. The highest BCUT2D eigenvalue weighted by atomic mass is 35.5. The van der Waals surface area contributed by atoms with Crippen LogP contribution in [0.5, 0.6) is 0 Å². The van der Waals surface area contributed by atoms with Gasteiger partial charge in [0.25, 0.3) is 0 Å². The second-order valence-electron chi connectivity index (χ2n) is 12.4. The molecule has 0 atom stereocenters. The minimum Gasteiger partial charge on any atom is -0.478 e. The van der Waals surface area contributed by atoms with Gasteiger partial charge in [0.1, 0.15) is 0 Å². The SMILES string of the molecule is Cc1ccc2c(-c3n[nH]c(=S)n3C)cccc2n1.Cc1ccc2c(-c3nnc(SCCCCl)n3C)cccc2n1.Cc1ccc2c(C(=O)O)cccc2n1. The predicted octanol–water partition coefficient (Wildman–Crippen LogP) is 9.30. The molecule has 0 unspecified atom stereocenters. The molecule has 274 valence electrons. The van der Waals surface area contributed by atoms with Crippen LogP contribution in [0.4, 0.5) is 0 Å². The Balaban J connectivity index is 0.000000142. The van der Waals surface area contributed by atoms with Crippen LogP contribution in [0, 0.1) is 25.5 Å². The summed E-state index contributed by atoms with van der Waals surface area (Å²) in [6, 6.07) is 29.1. The van der Waals surface area contributed by atoms with E-state index in [9.17, 15) is 4.79 Å². The van der Waals surface area contributed by atoms with Gasteiger partial charge < -0.3 is 14.2 Å². The number of carboxylic acid groups (broad SMARTS) is 1. The maximum Gasteiger partial charge on any atom is 0.336 e. The first-order valence-electron chi connectivity index (χ1n) is 17.1. The highest BCUT2D eigenvalue weighted by Crippen LogP contribution is 2.29. The van der Waals surface area contributed by atoms with Crippen LogP contribution in [0.25, 0.3) is 55.5 Å². The van der Waals surface area contributed by atoms with Crippen LogP contribution in [0.2, 0.25) is 0 Å². The smallest absolute Gasteiger partial charge is 0.336 e. The number of aryl methyl sites for hydroxylation is 3. The van der Waals surface area contributed by atoms with Gasteiger partial charge in [-0.2, -0.15) is 5.10 Å². The van der Waals surface area contributed by atoms with Gasteiger partial charge in [-0.1, -0.05) is 60.3 Å². The summed E-state index contributed by atoms with van der Waals surface area (Å²) in [5.74, 6) is 2.40. The standard InChI is InChI=1S/C16H17ClN4S.C13H12N4S.C11H9NO2/c1-11-7-8-12-13(5-3-6-14(12)18-11)15-19-20-16(21(15)2)22-10-4-9-17;1-8-6-7-9-10(4-3-5-11(9)14-8)12-15-16-13(18)17(12)2;1-7-5-6-8-9(11(13)14)3-2-4-10(8)12-7/h3,5-8H,4,9-10H2,1-2H3;3-7H,1-2H3,(H,16,18);2-6H,1H3,(H,13,14). The van der Waals surface area contributed by atoms with Gasteiger partial charge in [-0.05, 0) is 81.9 Å². The Hall–Kier alpha value is -5.50. The maximum atomic E-state index is 10.9. The van der Waals surface area contributed by atoms with Crippen molar-refractivity contribution in [3.8, 4) is 22.8 Å². The van der Waals surface area contributed by atoms with Crippen molar-refractivity contribution in [2.75, 3.05) is 11.6 Å². The number of rotatable bonds is 7. The molecule has 0 saturated heterocycles. The van der Waals surface area contributed by atoms with Crippen molar-refractivity contribution in [2.24, 2.45) is 14.1 Å². The monoisotopic (exact) mass is 775 g/mol. The Kier molecular flexibility index (Phi) is 12.1. The molecule has 11 nitrogen and oxygen atoms in total. The van der Waals surface area contributed by atoms with E-state index in [-0.39, 0.29) is 0 Å². The molecule has 5 heterocycles. The van der Waals surface area contributed by atoms with Gasteiger partial charge in [-0.15, -0.1) is 21.8 Å². The number of aromatic amines is 1. The summed E-state index contributed by atoms with van der Waals surface area (Å²) in [5, 5.41) is 28.5. The summed E-state index contributed by atoms with van der Waals surface area (Å²) in [6.45, 7) is 5.87. The van der Waals surface area contributed by atoms with Gasteiger partial charge >= 0.3 is 5.97 Å². The molecular weight excluding hydrogens is 738 g/mol. The zero-order chi connectivity index (χ0) is 38.4. The third-order valence-electron chi connectivity index (χ3n) is 8.55. The second-order valence-corrected chi connectivity index (χ2v) is 14.3. The lowest BCUT2D eigenvalue weighted by Gasteiger charge is -2.07. The summed E-state index contributed by atoms with van der Waals surface area (Å²) in [5.41, 5.74) is 7.99. The van der Waals surface area contributed by atoms with E-state index in [1.807, 2.05) is 98.6 Å². The number of aromatic carboxylic acids is 1. The molecule has 8 aromatic rings. The lowest BCUT2D eigenvalue weighted by Crippen LogP contribution is -1.97. The minimum atomic E-state index is -0.916. The van der Waals surface area contributed by atoms with Crippen molar-refractivity contribution in [1.82, 2.24) is 44.5 Å². The molecule has 5 aromatic heterocycles. The van der Waals surface area contributed by atoms with E-state index in [4.69, 9.17) is 28.9 Å². The van der Waals surface area contributed by atoms with E-state index in [0.29, 0.717) is 21.6 Å². The molecule has 0 saturated carbocycles. The molecule has 0 radical (unpaired) electrons. The van der Waals surface area contributed by atoms with Crippen LogP contribution in [0.15, 0.2) is 96.2 Å². The number of hydrogen-bond donors (Lipinski definition) is 2. The van der Waals surface area contributed by atoms with E-state index in [1.54, 1.807) is 30.0 Å².